The van der Waals surface area contributed by atoms with Crippen molar-refractivity contribution < 1.29 is 8.83 Å². The number of aromatic nitrogens is 1. The third-order valence-corrected chi connectivity index (χ3v) is 2.45. The van der Waals surface area contributed by atoms with Gasteiger partial charge in [0.15, 0.2) is 3.77 Å². The van der Waals surface area contributed by atoms with Crippen LogP contribution in [0.3, 0.4) is 0 Å². The molecule has 15 heavy (non-hydrogen) atoms. The molecule has 0 amide bonds. The minimum absolute atomic E-state index is 0.616. The van der Waals surface area contributed by atoms with Gasteiger partial charge in [0.25, 0.3) is 0 Å². The topological polar surface area (TPSA) is 51.2 Å². The quantitative estimate of drug-likeness (QED) is 0.880. The molecule has 1 N–H and O–H groups in total. The summed E-state index contributed by atoms with van der Waals surface area (Å²) >= 11 is 2.14. The van der Waals surface area contributed by atoms with Crippen molar-refractivity contribution in [3.63, 3.8) is 0 Å². The highest BCUT2D eigenvalue weighted by Crippen LogP contribution is 2.09. The van der Waals surface area contributed by atoms with E-state index in [1.165, 1.54) is 0 Å². The van der Waals surface area contributed by atoms with E-state index in [2.05, 4.69) is 32.9 Å². The molecule has 0 aliphatic rings. The van der Waals surface area contributed by atoms with Gasteiger partial charge in [0.1, 0.15) is 11.5 Å². The molecule has 2 heterocycles. The van der Waals surface area contributed by atoms with E-state index in [1.54, 1.807) is 6.20 Å². The second-order valence-corrected chi connectivity index (χ2v) is 4.24. The molecule has 0 fully saturated rings. The van der Waals surface area contributed by atoms with Crippen molar-refractivity contribution in [3.05, 3.63) is 39.5 Å². The van der Waals surface area contributed by atoms with Crippen molar-refractivity contribution in [3.8, 4) is 0 Å². The molecule has 2 aromatic heterocycles. The van der Waals surface area contributed by atoms with Crippen LogP contribution in [-0.2, 0) is 13.1 Å². The molecule has 2 aromatic rings. The first-order chi connectivity index (χ1) is 7.24. The summed E-state index contributed by atoms with van der Waals surface area (Å²) in [5.74, 6) is 2.45. The lowest BCUT2D eigenvalue weighted by Crippen LogP contribution is -2.12. The fourth-order valence-corrected chi connectivity index (χ4v) is 1.69. The molecule has 5 heteroatoms. The summed E-state index contributed by atoms with van der Waals surface area (Å²) in [6, 6.07) is 3.89. The molecule has 0 saturated heterocycles. The third-order valence-electron chi connectivity index (χ3n) is 1.87. The average molecular weight is 318 g/mol. The first kappa shape index (κ1) is 10.7. The van der Waals surface area contributed by atoms with E-state index in [0.717, 1.165) is 15.3 Å². The Hall–Kier alpha value is -0.820. The number of hydrogen-bond donors (Lipinski definition) is 1. The monoisotopic (exact) mass is 318 g/mol. The Morgan fingerprint density at radius 1 is 1.33 bits per heavy atom. The van der Waals surface area contributed by atoms with Gasteiger partial charge in [0.05, 0.1) is 19.3 Å². The fourth-order valence-electron chi connectivity index (χ4n) is 1.22. The predicted molar refractivity (Wildman–Crippen MR) is 63.2 cm³/mol. The maximum Gasteiger partial charge on any atom is 0.208 e. The minimum atomic E-state index is 0.616. The van der Waals surface area contributed by atoms with Gasteiger partial charge >= 0.3 is 0 Å². The number of nitrogens with zero attached hydrogens (tertiary/aromatic N) is 1. The van der Waals surface area contributed by atoms with Crippen LogP contribution in [0.2, 0.25) is 0 Å². The third kappa shape index (κ3) is 3.07. The van der Waals surface area contributed by atoms with Gasteiger partial charge in [-0.15, -0.1) is 0 Å². The molecule has 4 nitrogen and oxygen atoms in total. The summed E-state index contributed by atoms with van der Waals surface area (Å²) in [4.78, 5) is 4.09. The van der Waals surface area contributed by atoms with Gasteiger partial charge in [-0.3, -0.25) is 0 Å². The number of halogens is 1. The smallest absolute Gasteiger partial charge is 0.208 e. The largest absolute Gasteiger partial charge is 0.454 e. The normalized spacial score (nSPS) is 10.8. The van der Waals surface area contributed by atoms with E-state index in [0.29, 0.717) is 19.0 Å². The summed E-state index contributed by atoms with van der Waals surface area (Å²) in [5.41, 5.74) is 0. The van der Waals surface area contributed by atoms with Crippen LogP contribution in [0, 0.1) is 10.7 Å². The summed E-state index contributed by atoms with van der Waals surface area (Å²) in [7, 11) is 0. The number of oxazole rings is 1. The molecule has 0 aromatic carbocycles. The highest BCUT2D eigenvalue weighted by Gasteiger charge is 2.01. The summed E-state index contributed by atoms with van der Waals surface area (Å²) in [6.45, 7) is 3.18. The molecule has 0 aliphatic heterocycles. The van der Waals surface area contributed by atoms with Gasteiger partial charge in [-0.25, -0.2) is 4.98 Å². The summed E-state index contributed by atoms with van der Waals surface area (Å²) in [5, 5.41) is 3.19. The Labute approximate surface area is 101 Å². The van der Waals surface area contributed by atoms with Crippen LogP contribution in [0.4, 0.5) is 0 Å². The molecular formula is C10H11IN2O2. The number of furan rings is 1. The molecule has 0 radical (unpaired) electrons. The Bertz CT molecular complexity index is 396. The first-order valence-corrected chi connectivity index (χ1v) is 5.68. The van der Waals surface area contributed by atoms with Crippen molar-refractivity contribution in [2.45, 2.75) is 20.0 Å². The van der Waals surface area contributed by atoms with Crippen LogP contribution >= 0.6 is 22.6 Å². The fraction of sp³-hybridized carbons (Fsp3) is 0.300. The van der Waals surface area contributed by atoms with Gasteiger partial charge in [-0.05, 0) is 41.6 Å². The number of rotatable bonds is 4. The number of hydrogen-bond acceptors (Lipinski definition) is 4. The maximum atomic E-state index is 5.40. The maximum absolute atomic E-state index is 5.40. The molecule has 80 valence electrons. The lowest BCUT2D eigenvalue weighted by atomic mass is 10.4. The number of aryl methyl sites for hydroxylation is 1. The van der Waals surface area contributed by atoms with Crippen molar-refractivity contribution in [2.75, 3.05) is 0 Å². The molecule has 0 aliphatic carbocycles. The second kappa shape index (κ2) is 4.80. The highest BCUT2D eigenvalue weighted by molar-refractivity contribution is 14.1. The van der Waals surface area contributed by atoms with E-state index in [-0.39, 0.29) is 0 Å². The van der Waals surface area contributed by atoms with Crippen LogP contribution < -0.4 is 5.32 Å². The van der Waals surface area contributed by atoms with Crippen LogP contribution in [0.1, 0.15) is 17.4 Å². The van der Waals surface area contributed by atoms with Crippen LogP contribution in [-0.4, -0.2) is 4.98 Å². The average Bonchev–Trinajstić information content (AvgIpc) is 2.76. The second-order valence-electron chi connectivity index (χ2n) is 3.17. The van der Waals surface area contributed by atoms with Crippen LogP contribution in [0.5, 0.6) is 0 Å². The van der Waals surface area contributed by atoms with E-state index in [4.69, 9.17) is 8.83 Å². The zero-order chi connectivity index (χ0) is 10.7. The number of nitrogens with one attached hydrogen (secondary N) is 1. The molecule has 0 spiro atoms. The van der Waals surface area contributed by atoms with Gasteiger partial charge in [-0.2, -0.15) is 0 Å². The van der Waals surface area contributed by atoms with Gasteiger partial charge < -0.3 is 14.2 Å². The standard InChI is InChI=1S/C10H11IN2O2/c1-7-4-13-10(14-7)6-12-5-8-2-3-9(11)15-8/h2-4,12H,5-6H2,1H3. The van der Waals surface area contributed by atoms with E-state index in [9.17, 15) is 0 Å². The predicted octanol–water partition coefficient (Wildman–Crippen LogP) is 2.47. The Balaban J connectivity index is 1.80. The molecule has 0 bridgehead atoms. The van der Waals surface area contributed by atoms with E-state index in [1.807, 2.05) is 19.1 Å². The van der Waals surface area contributed by atoms with Gasteiger partial charge in [0.2, 0.25) is 5.89 Å². The molecule has 0 unspecified atom stereocenters. The minimum Gasteiger partial charge on any atom is -0.454 e. The van der Waals surface area contributed by atoms with Crippen molar-refractivity contribution in [2.24, 2.45) is 0 Å². The molecular weight excluding hydrogens is 307 g/mol. The molecule has 2 rings (SSSR count). The lowest BCUT2D eigenvalue weighted by molar-refractivity contribution is 0.425. The van der Waals surface area contributed by atoms with E-state index >= 15 is 0 Å². The molecule has 0 saturated carbocycles. The Kier molecular flexibility index (Phi) is 3.42. The lowest BCUT2D eigenvalue weighted by Gasteiger charge is -1.98. The van der Waals surface area contributed by atoms with Crippen molar-refractivity contribution in [1.29, 1.82) is 0 Å². The Morgan fingerprint density at radius 2 is 2.20 bits per heavy atom. The zero-order valence-corrected chi connectivity index (χ0v) is 10.4. The summed E-state index contributed by atoms with van der Waals surface area (Å²) in [6.07, 6.45) is 1.72. The van der Waals surface area contributed by atoms with Gasteiger partial charge in [-0.1, -0.05) is 0 Å². The van der Waals surface area contributed by atoms with E-state index < -0.39 is 0 Å². The first-order valence-electron chi connectivity index (χ1n) is 4.60. The zero-order valence-electron chi connectivity index (χ0n) is 8.29. The van der Waals surface area contributed by atoms with Crippen molar-refractivity contribution in [1.82, 2.24) is 10.3 Å². The molecule has 0 atom stereocenters. The summed E-state index contributed by atoms with van der Waals surface area (Å²) < 4.78 is 11.6. The van der Waals surface area contributed by atoms with Crippen molar-refractivity contribution >= 4 is 22.6 Å². The SMILES string of the molecule is Cc1cnc(CNCc2ccc(I)o2)o1. The van der Waals surface area contributed by atoms with Gasteiger partial charge in [0, 0.05) is 0 Å². The Morgan fingerprint density at radius 3 is 2.80 bits per heavy atom. The van der Waals surface area contributed by atoms with Crippen LogP contribution in [0.15, 0.2) is 27.2 Å². The van der Waals surface area contributed by atoms with Crippen LogP contribution in [0.25, 0.3) is 0 Å². The highest BCUT2D eigenvalue weighted by atomic mass is 127.